The number of nitro benzene ring substituents is 1. The largest absolute Gasteiger partial charge is 0.364 e. The van der Waals surface area contributed by atoms with Gasteiger partial charge in [-0.1, -0.05) is 79.7 Å². The first-order valence-corrected chi connectivity index (χ1v) is 15.2. The zero-order valence-electron chi connectivity index (χ0n) is 26.4. The highest BCUT2D eigenvalue weighted by Crippen LogP contribution is 2.49. The van der Waals surface area contributed by atoms with Gasteiger partial charge in [-0.3, -0.25) is 10.1 Å². The van der Waals surface area contributed by atoms with Gasteiger partial charge in [0, 0.05) is 53.1 Å². The van der Waals surface area contributed by atoms with Gasteiger partial charge in [-0.25, -0.2) is 0 Å². The second-order valence-corrected chi connectivity index (χ2v) is 13.6. The predicted octanol–water partition coefficient (Wildman–Crippen LogP) is 9.35. The summed E-state index contributed by atoms with van der Waals surface area (Å²) in [6, 6.07) is 11.1. The van der Waals surface area contributed by atoms with E-state index in [1.807, 2.05) is 18.2 Å². The average molecular weight is 571 g/mol. The highest BCUT2D eigenvalue weighted by atomic mass is 16.6. The molecule has 0 amide bonds. The summed E-state index contributed by atoms with van der Waals surface area (Å²) in [5.41, 5.74) is 5.62. The lowest BCUT2D eigenvalue weighted by molar-refractivity contribution is -0.384. The SMILES string of the molecule is CC(C)CCN1/C(=C/C=C/C=C/C2N(CCC(C)C)c3ccc([N+](=O)[O-])cc3C2(C)C)C(C)(C)c2cc(N=O)ccc21. The molecule has 1 unspecified atom stereocenters. The molecule has 42 heavy (non-hydrogen) atoms. The summed E-state index contributed by atoms with van der Waals surface area (Å²) in [5.74, 6) is 1.13. The molecule has 0 saturated carbocycles. The summed E-state index contributed by atoms with van der Waals surface area (Å²) in [7, 11) is 0. The fraction of sp³-hybridized carbons (Fsp3) is 0.486. The molecular weight excluding hydrogens is 524 g/mol. The van der Waals surface area contributed by atoms with Crippen molar-refractivity contribution in [1.82, 2.24) is 0 Å². The van der Waals surface area contributed by atoms with Crippen molar-refractivity contribution < 1.29 is 4.92 Å². The van der Waals surface area contributed by atoms with Crippen LogP contribution in [0.4, 0.5) is 22.7 Å². The van der Waals surface area contributed by atoms with E-state index in [2.05, 4.69) is 101 Å². The number of rotatable bonds is 11. The molecule has 224 valence electrons. The summed E-state index contributed by atoms with van der Waals surface area (Å²) < 4.78 is 0. The third kappa shape index (κ3) is 6.06. The Morgan fingerprint density at radius 2 is 1.57 bits per heavy atom. The maximum atomic E-state index is 11.5. The van der Waals surface area contributed by atoms with E-state index >= 15 is 0 Å². The van der Waals surface area contributed by atoms with Crippen molar-refractivity contribution in [2.45, 2.75) is 85.1 Å². The summed E-state index contributed by atoms with van der Waals surface area (Å²) in [5, 5.41) is 14.7. The van der Waals surface area contributed by atoms with Crippen molar-refractivity contribution in [3.63, 3.8) is 0 Å². The monoisotopic (exact) mass is 570 g/mol. The van der Waals surface area contributed by atoms with E-state index in [1.54, 1.807) is 18.2 Å². The number of hydrogen-bond acceptors (Lipinski definition) is 6. The van der Waals surface area contributed by atoms with Gasteiger partial charge in [-0.05, 0) is 71.3 Å². The molecular formula is C35H46N4O3. The molecule has 2 aromatic carbocycles. The predicted molar refractivity (Wildman–Crippen MR) is 175 cm³/mol. The second-order valence-electron chi connectivity index (χ2n) is 13.6. The average Bonchev–Trinajstić information content (AvgIpc) is 3.27. The van der Waals surface area contributed by atoms with E-state index in [4.69, 9.17) is 0 Å². The van der Waals surface area contributed by atoms with E-state index < -0.39 is 0 Å². The Bertz CT molecular complexity index is 1420. The molecule has 0 aromatic heterocycles. The Hall–Kier alpha value is -3.74. The van der Waals surface area contributed by atoms with Crippen LogP contribution >= 0.6 is 0 Å². The Morgan fingerprint density at radius 3 is 2.21 bits per heavy atom. The van der Waals surface area contributed by atoms with Crippen LogP contribution in [0, 0.1) is 26.9 Å². The van der Waals surface area contributed by atoms with E-state index in [1.165, 1.54) is 5.70 Å². The van der Waals surface area contributed by atoms with Crippen molar-refractivity contribution in [2.75, 3.05) is 22.9 Å². The Morgan fingerprint density at radius 1 is 0.905 bits per heavy atom. The number of nitro groups is 1. The van der Waals surface area contributed by atoms with Gasteiger partial charge in [0.1, 0.15) is 5.69 Å². The molecule has 2 heterocycles. The molecule has 0 fully saturated rings. The van der Waals surface area contributed by atoms with Gasteiger partial charge in [0.05, 0.1) is 11.0 Å². The number of anilines is 2. The van der Waals surface area contributed by atoms with Crippen LogP contribution in [0.1, 0.15) is 79.4 Å². The van der Waals surface area contributed by atoms with Gasteiger partial charge in [0.25, 0.3) is 5.69 Å². The highest BCUT2D eigenvalue weighted by Gasteiger charge is 2.44. The molecule has 1 atom stereocenters. The van der Waals surface area contributed by atoms with E-state index in [0.29, 0.717) is 17.5 Å². The van der Waals surface area contributed by atoms with Crippen LogP contribution in [0.3, 0.4) is 0 Å². The Kier molecular flexibility index (Phi) is 9.09. The fourth-order valence-electron chi connectivity index (χ4n) is 6.33. The smallest absolute Gasteiger partial charge is 0.269 e. The molecule has 2 aromatic rings. The molecule has 0 saturated heterocycles. The Labute approximate surface area is 251 Å². The lowest BCUT2D eigenvalue weighted by Gasteiger charge is -2.32. The highest BCUT2D eigenvalue weighted by molar-refractivity contribution is 5.73. The first kappa shape index (κ1) is 31.2. The van der Waals surface area contributed by atoms with Gasteiger partial charge in [0.2, 0.25) is 0 Å². The number of nitrogens with zero attached hydrogens (tertiary/aromatic N) is 4. The minimum Gasteiger partial charge on any atom is -0.364 e. The molecule has 0 aliphatic carbocycles. The van der Waals surface area contributed by atoms with Crippen molar-refractivity contribution in [3.05, 3.63) is 98.6 Å². The fourth-order valence-corrected chi connectivity index (χ4v) is 6.33. The first-order valence-electron chi connectivity index (χ1n) is 15.2. The molecule has 2 aliphatic rings. The van der Waals surface area contributed by atoms with Crippen molar-refractivity contribution in [2.24, 2.45) is 17.0 Å². The number of non-ortho nitro benzene ring substituents is 1. The van der Waals surface area contributed by atoms with Crippen LogP contribution in [0.15, 0.2) is 77.7 Å². The van der Waals surface area contributed by atoms with E-state index in [0.717, 1.165) is 48.4 Å². The molecule has 7 heteroatoms. The summed E-state index contributed by atoms with van der Waals surface area (Å²) in [6.07, 6.45) is 12.8. The summed E-state index contributed by atoms with van der Waals surface area (Å²) >= 11 is 0. The molecule has 7 nitrogen and oxygen atoms in total. The molecule has 0 bridgehead atoms. The summed E-state index contributed by atoms with van der Waals surface area (Å²) in [4.78, 5) is 27.3. The molecule has 0 N–H and O–H groups in total. The zero-order valence-corrected chi connectivity index (χ0v) is 26.4. The first-order chi connectivity index (χ1) is 19.8. The quantitative estimate of drug-likeness (QED) is 0.116. The number of benzene rings is 2. The number of allylic oxidation sites excluding steroid dienone is 5. The molecule has 0 radical (unpaired) electrons. The zero-order chi connectivity index (χ0) is 30.8. The third-order valence-corrected chi connectivity index (χ3v) is 8.90. The number of hydrogen-bond donors (Lipinski definition) is 0. The van der Waals surface area contributed by atoms with E-state index in [-0.39, 0.29) is 27.5 Å². The molecule has 0 spiro atoms. The maximum Gasteiger partial charge on any atom is 0.269 e. The molecule has 2 aliphatic heterocycles. The minimum absolute atomic E-state index is 0.0783. The van der Waals surface area contributed by atoms with Gasteiger partial charge in [-0.15, -0.1) is 4.91 Å². The normalized spacial score (nSPS) is 20.0. The van der Waals surface area contributed by atoms with E-state index in [9.17, 15) is 15.0 Å². The van der Waals surface area contributed by atoms with Crippen LogP contribution < -0.4 is 9.80 Å². The van der Waals surface area contributed by atoms with Gasteiger partial charge >= 0.3 is 0 Å². The Balaban J connectivity index is 1.63. The van der Waals surface area contributed by atoms with Crippen LogP contribution in [0.2, 0.25) is 0 Å². The molecule has 4 rings (SSSR count). The summed E-state index contributed by atoms with van der Waals surface area (Å²) in [6.45, 7) is 19.5. The topological polar surface area (TPSA) is 79.1 Å². The van der Waals surface area contributed by atoms with Crippen molar-refractivity contribution in [1.29, 1.82) is 0 Å². The number of nitroso groups, excluding NO2 is 1. The third-order valence-electron chi connectivity index (χ3n) is 8.90. The standard InChI is InChI=1S/C35H46N4O3/c1-24(2)18-20-37-30-16-14-26(36-40)22-28(30)34(5,6)32(37)12-10-9-11-13-33-35(7,8)29-23-27(39(41)42)15-17-31(29)38(33)21-19-25(3)4/h9-17,22-25,33H,18-21H2,1-8H3/b10-9+,13-11+,32-12+. The van der Waals surface area contributed by atoms with Gasteiger partial charge in [-0.2, -0.15) is 0 Å². The van der Waals surface area contributed by atoms with Crippen LogP contribution in [0.25, 0.3) is 0 Å². The second kappa shape index (κ2) is 12.2. The lowest BCUT2D eigenvalue weighted by atomic mass is 9.80. The van der Waals surface area contributed by atoms with Gasteiger partial charge < -0.3 is 9.80 Å². The lowest BCUT2D eigenvalue weighted by Crippen LogP contribution is -2.40. The maximum absolute atomic E-state index is 11.5. The van der Waals surface area contributed by atoms with Gasteiger partial charge in [0.15, 0.2) is 0 Å². The van der Waals surface area contributed by atoms with Crippen molar-refractivity contribution >= 4 is 22.7 Å². The van der Waals surface area contributed by atoms with Crippen LogP contribution in [0.5, 0.6) is 0 Å². The minimum atomic E-state index is -0.308. The van der Waals surface area contributed by atoms with Crippen LogP contribution in [-0.4, -0.2) is 24.1 Å². The number of fused-ring (bicyclic) bond motifs is 2. The van der Waals surface area contributed by atoms with Crippen molar-refractivity contribution in [3.8, 4) is 0 Å². The van der Waals surface area contributed by atoms with Crippen LogP contribution in [-0.2, 0) is 10.8 Å².